The zero-order valence-corrected chi connectivity index (χ0v) is 11.1. The minimum atomic E-state index is 0.0754. The first kappa shape index (κ1) is 13.0. The average Bonchev–Trinajstić information content (AvgIpc) is 2.43. The predicted molar refractivity (Wildman–Crippen MR) is 77.4 cm³/mol. The quantitative estimate of drug-likeness (QED) is 0.771. The number of benzene rings is 1. The van der Waals surface area contributed by atoms with E-state index in [-0.39, 0.29) is 6.04 Å². The van der Waals surface area contributed by atoms with E-state index >= 15 is 0 Å². The number of aromatic nitrogens is 1. The molecule has 1 aromatic heterocycles. The molecule has 1 heterocycles. The molecule has 0 saturated carbocycles. The number of nitrogens with two attached hydrogens (primary N) is 1. The minimum Gasteiger partial charge on any atom is -0.323 e. The van der Waals surface area contributed by atoms with Crippen molar-refractivity contribution in [2.45, 2.75) is 45.1 Å². The van der Waals surface area contributed by atoms with E-state index in [1.54, 1.807) is 0 Å². The van der Waals surface area contributed by atoms with Gasteiger partial charge in [0.2, 0.25) is 0 Å². The first-order valence-corrected chi connectivity index (χ1v) is 6.92. The molecule has 0 amide bonds. The summed E-state index contributed by atoms with van der Waals surface area (Å²) in [6, 6.07) is 12.4. The lowest BCUT2D eigenvalue weighted by Gasteiger charge is -2.11. The summed E-state index contributed by atoms with van der Waals surface area (Å²) in [5.41, 5.74) is 8.27. The highest BCUT2D eigenvalue weighted by Crippen LogP contribution is 2.19. The fourth-order valence-corrected chi connectivity index (χ4v) is 2.23. The lowest BCUT2D eigenvalue weighted by molar-refractivity contribution is 0.558. The molecule has 2 aromatic rings. The first-order chi connectivity index (χ1) is 8.81. The van der Waals surface area contributed by atoms with E-state index in [4.69, 9.17) is 5.73 Å². The summed E-state index contributed by atoms with van der Waals surface area (Å²) in [6.45, 7) is 2.23. The Hall–Kier alpha value is -1.41. The highest BCUT2D eigenvalue weighted by molar-refractivity contribution is 5.78. The summed E-state index contributed by atoms with van der Waals surface area (Å²) >= 11 is 0. The van der Waals surface area contributed by atoms with Gasteiger partial charge < -0.3 is 5.73 Å². The van der Waals surface area contributed by atoms with Crippen molar-refractivity contribution in [3.05, 3.63) is 42.1 Å². The highest BCUT2D eigenvalue weighted by Gasteiger charge is 2.07. The first-order valence-electron chi connectivity index (χ1n) is 6.92. The zero-order valence-electron chi connectivity index (χ0n) is 11.1. The molecule has 1 aromatic carbocycles. The molecular formula is C16H22N2. The normalized spacial score (nSPS) is 12.8. The van der Waals surface area contributed by atoms with Crippen molar-refractivity contribution in [2.75, 3.05) is 0 Å². The third kappa shape index (κ3) is 3.30. The van der Waals surface area contributed by atoms with Gasteiger partial charge in [0, 0.05) is 11.4 Å². The SMILES string of the molecule is CCCCCCC(N)c1ccc2ccccc2n1. The molecule has 2 heteroatoms. The number of pyridine rings is 1. The number of para-hydroxylation sites is 1. The molecule has 18 heavy (non-hydrogen) atoms. The van der Waals surface area contributed by atoms with Gasteiger partial charge in [0.15, 0.2) is 0 Å². The Kier molecular flexibility index (Phi) is 4.71. The largest absolute Gasteiger partial charge is 0.323 e. The van der Waals surface area contributed by atoms with Gasteiger partial charge in [0.1, 0.15) is 0 Å². The van der Waals surface area contributed by atoms with Crippen LogP contribution in [0.15, 0.2) is 36.4 Å². The summed E-state index contributed by atoms with van der Waals surface area (Å²) < 4.78 is 0. The van der Waals surface area contributed by atoms with Gasteiger partial charge in [0.05, 0.1) is 11.2 Å². The van der Waals surface area contributed by atoms with Gasteiger partial charge in [-0.3, -0.25) is 4.98 Å². The van der Waals surface area contributed by atoms with Crippen LogP contribution < -0.4 is 5.73 Å². The number of fused-ring (bicyclic) bond motifs is 1. The van der Waals surface area contributed by atoms with Crippen molar-refractivity contribution in [3.8, 4) is 0 Å². The number of nitrogens with zero attached hydrogens (tertiary/aromatic N) is 1. The lowest BCUT2D eigenvalue weighted by Crippen LogP contribution is -2.11. The molecule has 0 saturated heterocycles. The summed E-state index contributed by atoms with van der Waals surface area (Å²) in [7, 11) is 0. The number of rotatable bonds is 6. The monoisotopic (exact) mass is 242 g/mol. The maximum atomic E-state index is 6.21. The van der Waals surface area contributed by atoms with Crippen molar-refractivity contribution >= 4 is 10.9 Å². The van der Waals surface area contributed by atoms with Crippen molar-refractivity contribution in [1.82, 2.24) is 4.98 Å². The molecule has 96 valence electrons. The van der Waals surface area contributed by atoms with E-state index in [2.05, 4.69) is 30.1 Å². The second kappa shape index (κ2) is 6.50. The summed E-state index contributed by atoms with van der Waals surface area (Å²) in [4.78, 5) is 4.65. The van der Waals surface area contributed by atoms with E-state index in [9.17, 15) is 0 Å². The van der Waals surface area contributed by atoms with E-state index in [1.165, 1.54) is 31.1 Å². The van der Waals surface area contributed by atoms with Crippen LogP contribution in [-0.4, -0.2) is 4.98 Å². The molecule has 1 atom stereocenters. The van der Waals surface area contributed by atoms with Gasteiger partial charge in [-0.2, -0.15) is 0 Å². The molecule has 1 unspecified atom stereocenters. The topological polar surface area (TPSA) is 38.9 Å². The number of unbranched alkanes of at least 4 members (excludes halogenated alkanes) is 3. The molecule has 0 fully saturated rings. The lowest BCUT2D eigenvalue weighted by atomic mass is 10.0. The van der Waals surface area contributed by atoms with Crippen molar-refractivity contribution in [2.24, 2.45) is 5.73 Å². The molecular weight excluding hydrogens is 220 g/mol. The molecule has 0 spiro atoms. The fourth-order valence-electron chi connectivity index (χ4n) is 2.23. The van der Waals surface area contributed by atoms with E-state index in [0.29, 0.717) is 0 Å². The zero-order chi connectivity index (χ0) is 12.8. The Bertz CT molecular complexity index is 493. The summed E-state index contributed by atoms with van der Waals surface area (Å²) in [6.07, 6.45) is 6.08. The molecule has 2 nitrogen and oxygen atoms in total. The smallest absolute Gasteiger partial charge is 0.0706 e. The van der Waals surface area contributed by atoms with E-state index in [0.717, 1.165) is 17.6 Å². The Morgan fingerprint density at radius 3 is 2.72 bits per heavy atom. The van der Waals surface area contributed by atoms with Crippen LogP contribution in [0.2, 0.25) is 0 Å². The molecule has 0 radical (unpaired) electrons. The van der Waals surface area contributed by atoms with Crippen LogP contribution in [0.5, 0.6) is 0 Å². The third-order valence-electron chi connectivity index (χ3n) is 3.37. The van der Waals surface area contributed by atoms with Gasteiger partial charge in [-0.25, -0.2) is 0 Å². The molecule has 2 rings (SSSR count). The van der Waals surface area contributed by atoms with E-state index < -0.39 is 0 Å². The molecule has 0 aliphatic heterocycles. The Balaban J connectivity index is 2.01. The van der Waals surface area contributed by atoms with Crippen LogP contribution in [0.4, 0.5) is 0 Å². The molecule has 0 bridgehead atoms. The van der Waals surface area contributed by atoms with Gasteiger partial charge in [-0.05, 0) is 18.6 Å². The van der Waals surface area contributed by atoms with Gasteiger partial charge in [0.25, 0.3) is 0 Å². The second-order valence-electron chi connectivity index (χ2n) is 4.88. The van der Waals surface area contributed by atoms with Crippen LogP contribution in [0.1, 0.15) is 50.8 Å². The fraction of sp³-hybridized carbons (Fsp3) is 0.438. The standard InChI is InChI=1S/C16H22N2/c1-2-3-4-5-9-14(17)16-12-11-13-8-6-7-10-15(13)18-16/h6-8,10-12,14H,2-5,9,17H2,1H3. The number of hydrogen-bond acceptors (Lipinski definition) is 2. The van der Waals surface area contributed by atoms with Crippen LogP contribution in [0, 0.1) is 0 Å². The Morgan fingerprint density at radius 1 is 1.06 bits per heavy atom. The highest BCUT2D eigenvalue weighted by atomic mass is 14.8. The molecule has 2 N–H and O–H groups in total. The third-order valence-corrected chi connectivity index (χ3v) is 3.37. The van der Waals surface area contributed by atoms with Crippen LogP contribution in [0.3, 0.4) is 0 Å². The van der Waals surface area contributed by atoms with E-state index in [1.807, 2.05) is 18.2 Å². The minimum absolute atomic E-state index is 0.0754. The molecule has 0 aliphatic carbocycles. The Morgan fingerprint density at radius 2 is 1.89 bits per heavy atom. The second-order valence-corrected chi connectivity index (χ2v) is 4.88. The summed E-state index contributed by atoms with van der Waals surface area (Å²) in [5.74, 6) is 0. The van der Waals surface area contributed by atoms with Crippen molar-refractivity contribution in [1.29, 1.82) is 0 Å². The maximum Gasteiger partial charge on any atom is 0.0706 e. The average molecular weight is 242 g/mol. The predicted octanol–water partition coefficient (Wildman–Crippen LogP) is 4.21. The summed E-state index contributed by atoms with van der Waals surface area (Å²) in [5, 5.41) is 1.18. The Labute approximate surface area is 109 Å². The van der Waals surface area contributed by atoms with Crippen molar-refractivity contribution in [3.63, 3.8) is 0 Å². The van der Waals surface area contributed by atoms with Gasteiger partial charge >= 0.3 is 0 Å². The maximum absolute atomic E-state index is 6.21. The van der Waals surface area contributed by atoms with Crippen LogP contribution in [-0.2, 0) is 0 Å². The van der Waals surface area contributed by atoms with Crippen LogP contribution >= 0.6 is 0 Å². The van der Waals surface area contributed by atoms with Crippen LogP contribution in [0.25, 0.3) is 10.9 Å². The molecule has 0 aliphatic rings. The van der Waals surface area contributed by atoms with Gasteiger partial charge in [-0.1, -0.05) is 56.9 Å². The van der Waals surface area contributed by atoms with Gasteiger partial charge in [-0.15, -0.1) is 0 Å². The van der Waals surface area contributed by atoms with Crippen molar-refractivity contribution < 1.29 is 0 Å². The number of hydrogen-bond donors (Lipinski definition) is 1.